The van der Waals surface area contributed by atoms with Crippen LogP contribution in [0.5, 0.6) is 0 Å². The van der Waals surface area contributed by atoms with E-state index in [0.717, 1.165) is 0 Å². The second-order valence-electron chi connectivity index (χ2n) is 4.96. The zero-order chi connectivity index (χ0) is 15.5. The Kier molecular flexibility index (Phi) is 4.30. The molecule has 112 valence electrons. The second-order valence-corrected chi connectivity index (χ2v) is 4.96. The highest BCUT2D eigenvalue weighted by atomic mass is 19.1. The molecule has 21 heavy (non-hydrogen) atoms. The quantitative estimate of drug-likeness (QED) is 0.884. The number of hydrogen-bond acceptors (Lipinski definition) is 4. The van der Waals surface area contributed by atoms with Gasteiger partial charge in [0.15, 0.2) is 5.82 Å². The van der Waals surface area contributed by atoms with E-state index in [4.69, 9.17) is 0 Å². The number of carbonyl (C=O) groups is 1. The molecule has 0 spiro atoms. The number of nitrogens with zero attached hydrogens (tertiary/aromatic N) is 4. The van der Waals surface area contributed by atoms with Crippen molar-refractivity contribution in [2.24, 2.45) is 5.41 Å². The Morgan fingerprint density at radius 1 is 1.38 bits per heavy atom. The molecular weight excluding hydrogens is 275 g/mol. The Balaban J connectivity index is 2.39. The maximum atomic E-state index is 13.3. The number of halogens is 1. The summed E-state index contributed by atoms with van der Waals surface area (Å²) in [7, 11) is 0. The standard InChI is InChI=1S/C14H17FN4O2/c1-3-14(4-2,13(20)21)9-19-12(16-17-18-19)10-6-5-7-11(15)8-10/h5-8H,3-4,9H2,1-2H3,(H,20,21). The first-order valence-electron chi connectivity index (χ1n) is 6.78. The summed E-state index contributed by atoms with van der Waals surface area (Å²) in [4.78, 5) is 11.6. The van der Waals surface area contributed by atoms with Gasteiger partial charge in [0.1, 0.15) is 5.82 Å². The number of carboxylic acids is 1. The van der Waals surface area contributed by atoms with Gasteiger partial charge in [-0.1, -0.05) is 26.0 Å². The topological polar surface area (TPSA) is 80.9 Å². The van der Waals surface area contributed by atoms with Crippen LogP contribution in [0.25, 0.3) is 11.4 Å². The van der Waals surface area contributed by atoms with Gasteiger partial charge >= 0.3 is 5.97 Å². The van der Waals surface area contributed by atoms with E-state index in [-0.39, 0.29) is 6.54 Å². The van der Waals surface area contributed by atoms with Crippen LogP contribution in [0.1, 0.15) is 26.7 Å². The normalized spacial score (nSPS) is 11.6. The second kappa shape index (κ2) is 5.99. The SMILES string of the molecule is CCC(CC)(Cn1nnnc1-c1cccc(F)c1)C(=O)O. The van der Waals surface area contributed by atoms with Crippen molar-refractivity contribution in [2.75, 3.05) is 0 Å². The molecule has 0 radical (unpaired) electrons. The molecule has 6 nitrogen and oxygen atoms in total. The van der Waals surface area contributed by atoms with Crippen LogP contribution >= 0.6 is 0 Å². The molecule has 1 aromatic carbocycles. The van der Waals surface area contributed by atoms with Gasteiger partial charge in [0.05, 0.1) is 12.0 Å². The minimum absolute atomic E-state index is 0.147. The molecular formula is C14H17FN4O2. The lowest BCUT2D eigenvalue weighted by molar-refractivity contribution is -0.150. The molecule has 0 saturated carbocycles. The largest absolute Gasteiger partial charge is 0.481 e. The van der Waals surface area contributed by atoms with Crippen LogP contribution in [0.2, 0.25) is 0 Å². The molecule has 0 bridgehead atoms. The summed E-state index contributed by atoms with van der Waals surface area (Å²) in [6, 6.07) is 5.90. The first-order chi connectivity index (χ1) is 10.0. The van der Waals surface area contributed by atoms with Crippen LogP contribution in [0.4, 0.5) is 4.39 Å². The Labute approximate surface area is 121 Å². The Morgan fingerprint density at radius 2 is 2.10 bits per heavy atom. The van der Waals surface area contributed by atoms with Crippen molar-refractivity contribution < 1.29 is 14.3 Å². The first-order valence-corrected chi connectivity index (χ1v) is 6.78. The van der Waals surface area contributed by atoms with Crippen LogP contribution in [0.3, 0.4) is 0 Å². The van der Waals surface area contributed by atoms with E-state index < -0.39 is 17.2 Å². The van der Waals surface area contributed by atoms with Crippen molar-refractivity contribution in [1.82, 2.24) is 20.2 Å². The summed E-state index contributed by atoms with van der Waals surface area (Å²) in [5.74, 6) is -0.909. The molecule has 2 aromatic rings. The van der Waals surface area contributed by atoms with Gasteiger partial charge in [-0.2, -0.15) is 0 Å². The van der Waals surface area contributed by atoms with E-state index in [1.165, 1.54) is 16.8 Å². The lowest BCUT2D eigenvalue weighted by Gasteiger charge is -2.26. The summed E-state index contributed by atoms with van der Waals surface area (Å²) in [5, 5.41) is 20.8. The highest BCUT2D eigenvalue weighted by Crippen LogP contribution is 2.30. The Hall–Kier alpha value is -2.31. The third-order valence-electron chi connectivity index (χ3n) is 3.87. The third kappa shape index (κ3) is 2.91. The fourth-order valence-electron chi connectivity index (χ4n) is 2.28. The minimum atomic E-state index is -0.933. The highest BCUT2D eigenvalue weighted by molar-refractivity contribution is 5.74. The molecule has 7 heteroatoms. The third-order valence-corrected chi connectivity index (χ3v) is 3.87. The predicted octanol–water partition coefficient (Wildman–Crippen LogP) is 2.37. The van der Waals surface area contributed by atoms with E-state index in [0.29, 0.717) is 24.2 Å². The van der Waals surface area contributed by atoms with E-state index in [1.54, 1.807) is 12.1 Å². The van der Waals surface area contributed by atoms with Crippen LogP contribution < -0.4 is 0 Å². The molecule has 0 aliphatic rings. The van der Waals surface area contributed by atoms with Gasteiger partial charge in [-0.3, -0.25) is 4.79 Å². The van der Waals surface area contributed by atoms with Gasteiger partial charge in [0.2, 0.25) is 0 Å². The zero-order valence-corrected chi connectivity index (χ0v) is 12.0. The summed E-state index contributed by atoms with van der Waals surface area (Å²) >= 11 is 0. The lowest BCUT2D eigenvalue weighted by Crippen LogP contribution is -2.35. The average molecular weight is 292 g/mol. The number of tetrazole rings is 1. The van der Waals surface area contributed by atoms with Gasteiger partial charge < -0.3 is 5.11 Å². The number of benzene rings is 1. The van der Waals surface area contributed by atoms with E-state index in [9.17, 15) is 14.3 Å². The molecule has 0 amide bonds. The monoisotopic (exact) mass is 292 g/mol. The molecule has 0 atom stereocenters. The average Bonchev–Trinajstić information content (AvgIpc) is 2.92. The molecule has 1 heterocycles. The summed E-state index contributed by atoms with van der Waals surface area (Å²) in [5.41, 5.74) is -0.413. The van der Waals surface area contributed by atoms with E-state index in [2.05, 4.69) is 15.5 Å². The molecule has 0 unspecified atom stereocenters. The van der Waals surface area contributed by atoms with Crippen LogP contribution in [-0.2, 0) is 11.3 Å². The molecule has 0 aliphatic carbocycles. The minimum Gasteiger partial charge on any atom is -0.481 e. The van der Waals surface area contributed by atoms with Gasteiger partial charge in [0, 0.05) is 5.56 Å². The number of carboxylic acid groups (broad SMARTS) is 1. The molecule has 1 aromatic heterocycles. The predicted molar refractivity (Wildman–Crippen MR) is 73.9 cm³/mol. The summed E-state index contributed by atoms with van der Waals surface area (Å²) < 4.78 is 14.7. The van der Waals surface area contributed by atoms with Crippen molar-refractivity contribution in [1.29, 1.82) is 0 Å². The van der Waals surface area contributed by atoms with Gasteiger partial charge in [-0.25, -0.2) is 9.07 Å². The molecule has 0 fully saturated rings. The Morgan fingerprint density at radius 3 is 2.67 bits per heavy atom. The fourth-order valence-corrected chi connectivity index (χ4v) is 2.28. The maximum Gasteiger partial charge on any atom is 0.311 e. The van der Waals surface area contributed by atoms with Crippen LogP contribution in [0.15, 0.2) is 24.3 Å². The van der Waals surface area contributed by atoms with E-state index in [1.807, 2.05) is 13.8 Å². The van der Waals surface area contributed by atoms with Gasteiger partial charge in [-0.05, 0) is 35.4 Å². The maximum absolute atomic E-state index is 13.3. The zero-order valence-electron chi connectivity index (χ0n) is 12.0. The number of aromatic nitrogens is 4. The fraction of sp³-hybridized carbons (Fsp3) is 0.429. The first kappa shape index (κ1) is 15.1. The van der Waals surface area contributed by atoms with Crippen LogP contribution in [-0.4, -0.2) is 31.3 Å². The molecule has 0 aliphatic heterocycles. The molecule has 2 rings (SSSR count). The summed E-state index contributed by atoms with van der Waals surface area (Å²) in [6.07, 6.45) is 0.919. The highest BCUT2D eigenvalue weighted by Gasteiger charge is 2.36. The van der Waals surface area contributed by atoms with Crippen molar-refractivity contribution in [3.8, 4) is 11.4 Å². The number of hydrogen-bond donors (Lipinski definition) is 1. The summed E-state index contributed by atoms with van der Waals surface area (Å²) in [6.45, 7) is 3.79. The molecule has 0 saturated heterocycles. The van der Waals surface area contributed by atoms with Gasteiger partial charge in [-0.15, -0.1) is 5.10 Å². The smallest absolute Gasteiger partial charge is 0.311 e. The van der Waals surface area contributed by atoms with Crippen LogP contribution in [0, 0.1) is 11.2 Å². The van der Waals surface area contributed by atoms with E-state index >= 15 is 0 Å². The Bertz CT molecular complexity index is 637. The van der Waals surface area contributed by atoms with Crippen molar-refractivity contribution in [3.05, 3.63) is 30.1 Å². The molecule has 1 N–H and O–H groups in total. The lowest BCUT2D eigenvalue weighted by atomic mass is 9.82. The number of aliphatic carboxylic acids is 1. The van der Waals surface area contributed by atoms with Crippen molar-refractivity contribution in [3.63, 3.8) is 0 Å². The number of rotatable bonds is 6. The van der Waals surface area contributed by atoms with Gasteiger partial charge in [0.25, 0.3) is 0 Å². The van der Waals surface area contributed by atoms with Crippen molar-refractivity contribution in [2.45, 2.75) is 33.2 Å². The van der Waals surface area contributed by atoms with Crippen molar-refractivity contribution >= 4 is 5.97 Å².